The molecule has 5 nitrogen and oxygen atoms in total. The molecule has 0 aromatic carbocycles. The van der Waals surface area contributed by atoms with Crippen molar-refractivity contribution in [1.29, 1.82) is 0 Å². The number of hydrogen-bond donors (Lipinski definition) is 1. The molecule has 0 amide bonds. The minimum absolute atomic E-state index is 0.687. The first-order chi connectivity index (χ1) is 8.34. The second kappa shape index (κ2) is 4.49. The van der Waals surface area contributed by atoms with Crippen LogP contribution >= 0.6 is 0 Å². The maximum absolute atomic E-state index is 5.92. The highest BCUT2D eigenvalue weighted by molar-refractivity contribution is 5.61. The molecule has 2 N–H and O–H groups in total. The Morgan fingerprint density at radius 1 is 1.24 bits per heavy atom. The first-order valence-corrected chi connectivity index (χ1v) is 6.39. The van der Waals surface area contributed by atoms with E-state index in [1.54, 1.807) is 12.5 Å². The molecule has 5 heteroatoms. The number of nitrogen functional groups attached to an aromatic ring is 1. The summed E-state index contributed by atoms with van der Waals surface area (Å²) < 4.78 is 0. The Labute approximate surface area is 102 Å². The smallest absolute Gasteiger partial charge is 0.155 e. The number of nitrogens with two attached hydrogens (primary N) is 1. The lowest BCUT2D eigenvalue weighted by Crippen LogP contribution is -2.35. The predicted molar refractivity (Wildman–Crippen MR) is 67.9 cm³/mol. The molecule has 92 valence electrons. The average molecular weight is 233 g/mol. The topological polar surface area (TPSA) is 58.3 Å². The molecule has 2 aliphatic heterocycles. The van der Waals surface area contributed by atoms with Crippen molar-refractivity contribution in [1.82, 2.24) is 14.9 Å². The quantitative estimate of drug-likeness (QED) is 0.816. The summed E-state index contributed by atoms with van der Waals surface area (Å²) in [6.07, 6.45) is 7.20. The van der Waals surface area contributed by atoms with Crippen molar-refractivity contribution in [2.45, 2.75) is 25.3 Å². The molecular formula is C12H19N5. The Morgan fingerprint density at radius 3 is 2.82 bits per heavy atom. The molecule has 1 aromatic heterocycles. The Hall–Kier alpha value is -1.36. The fraction of sp³-hybridized carbons (Fsp3) is 0.667. The molecule has 17 heavy (non-hydrogen) atoms. The molecule has 3 rings (SSSR count). The summed E-state index contributed by atoms with van der Waals surface area (Å²) in [6, 6.07) is 0.687. The van der Waals surface area contributed by atoms with Crippen molar-refractivity contribution in [3.8, 4) is 0 Å². The van der Waals surface area contributed by atoms with Crippen molar-refractivity contribution < 1.29 is 0 Å². The Kier molecular flexibility index (Phi) is 2.84. The van der Waals surface area contributed by atoms with Gasteiger partial charge in [0.15, 0.2) is 5.82 Å². The van der Waals surface area contributed by atoms with E-state index in [0.717, 1.165) is 18.9 Å². The third-order valence-electron chi connectivity index (χ3n) is 3.84. The van der Waals surface area contributed by atoms with Crippen LogP contribution in [0.4, 0.5) is 11.5 Å². The van der Waals surface area contributed by atoms with Crippen LogP contribution in [0.1, 0.15) is 19.3 Å². The molecule has 0 spiro atoms. The van der Waals surface area contributed by atoms with Gasteiger partial charge in [-0.15, -0.1) is 0 Å². The van der Waals surface area contributed by atoms with E-state index in [-0.39, 0.29) is 0 Å². The van der Waals surface area contributed by atoms with E-state index in [9.17, 15) is 0 Å². The predicted octanol–water partition coefficient (Wildman–Crippen LogP) is 0.733. The Balaban J connectivity index is 1.69. The summed E-state index contributed by atoms with van der Waals surface area (Å²) in [7, 11) is 0. The molecule has 3 heterocycles. The van der Waals surface area contributed by atoms with Gasteiger partial charge in [-0.3, -0.25) is 4.90 Å². The van der Waals surface area contributed by atoms with Gasteiger partial charge in [-0.1, -0.05) is 0 Å². The Morgan fingerprint density at radius 2 is 2.06 bits per heavy atom. The molecule has 2 fully saturated rings. The lowest BCUT2D eigenvalue weighted by molar-refractivity contribution is 0.260. The van der Waals surface area contributed by atoms with Crippen LogP contribution in [0.15, 0.2) is 12.5 Å². The summed E-state index contributed by atoms with van der Waals surface area (Å²) in [4.78, 5) is 13.1. The molecule has 0 bridgehead atoms. The van der Waals surface area contributed by atoms with E-state index in [4.69, 9.17) is 5.73 Å². The van der Waals surface area contributed by atoms with Gasteiger partial charge in [-0.2, -0.15) is 0 Å². The first kappa shape index (κ1) is 10.8. The molecule has 0 aliphatic carbocycles. The van der Waals surface area contributed by atoms with Gasteiger partial charge in [0.1, 0.15) is 6.33 Å². The third-order valence-corrected chi connectivity index (χ3v) is 3.84. The fourth-order valence-corrected chi connectivity index (χ4v) is 2.94. The minimum Gasteiger partial charge on any atom is -0.394 e. The zero-order valence-electron chi connectivity index (χ0n) is 10.0. The summed E-state index contributed by atoms with van der Waals surface area (Å²) in [5, 5.41) is 0. The van der Waals surface area contributed by atoms with Crippen LogP contribution in [0.2, 0.25) is 0 Å². The third kappa shape index (κ3) is 2.07. The SMILES string of the molecule is Nc1cncnc1N1CCC(N2CCCC2)C1. The summed E-state index contributed by atoms with van der Waals surface area (Å²) in [5.41, 5.74) is 6.61. The van der Waals surface area contributed by atoms with E-state index >= 15 is 0 Å². The maximum Gasteiger partial charge on any atom is 0.155 e. The number of hydrogen-bond acceptors (Lipinski definition) is 5. The standard InChI is InChI=1S/C12H19N5/c13-11-7-14-9-15-12(11)17-6-3-10(8-17)16-4-1-2-5-16/h7,9-10H,1-6,8,13H2. The number of aromatic nitrogens is 2. The monoisotopic (exact) mass is 233 g/mol. The van der Waals surface area contributed by atoms with Gasteiger partial charge in [-0.05, 0) is 32.4 Å². The molecule has 1 unspecified atom stereocenters. The number of rotatable bonds is 2. The highest BCUT2D eigenvalue weighted by Gasteiger charge is 2.30. The highest BCUT2D eigenvalue weighted by atomic mass is 15.3. The van der Waals surface area contributed by atoms with Crippen molar-refractivity contribution in [2.75, 3.05) is 36.8 Å². The van der Waals surface area contributed by atoms with Gasteiger partial charge < -0.3 is 10.6 Å². The Bertz CT molecular complexity index is 388. The summed E-state index contributed by atoms with van der Waals surface area (Å²) in [6.45, 7) is 4.64. The van der Waals surface area contributed by atoms with Gasteiger partial charge in [0.2, 0.25) is 0 Å². The average Bonchev–Trinajstić information content (AvgIpc) is 3.00. The van der Waals surface area contributed by atoms with E-state index < -0.39 is 0 Å². The van der Waals surface area contributed by atoms with Gasteiger partial charge in [-0.25, -0.2) is 9.97 Å². The maximum atomic E-state index is 5.92. The van der Waals surface area contributed by atoms with E-state index in [2.05, 4.69) is 19.8 Å². The van der Waals surface area contributed by atoms with Crippen molar-refractivity contribution in [3.63, 3.8) is 0 Å². The fourth-order valence-electron chi connectivity index (χ4n) is 2.94. The molecule has 1 aromatic rings. The van der Waals surface area contributed by atoms with Gasteiger partial charge in [0, 0.05) is 19.1 Å². The van der Waals surface area contributed by atoms with Crippen LogP contribution in [0.25, 0.3) is 0 Å². The number of anilines is 2. The number of likely N-dealkylation sites (tertiary alicyclic amines) is 1. The van der Waals surface area contributed by atoms with Gasteiger partial charge >= 0.3 is 0 Å². The molecule has 0 radical (unpaired) electrons. The van der Waals surface area contributed by atoms with Crippen molar-refractivity contribution in [3.05, 3.63) is 12.5 Å². The molecule has 2 aliphatic rings. The number of nitrogens with zero attached hydrogens (tertiary/aromatic N) is 4. The van der Waals surface area contributed by atoms with E-state index in [1.807, 2.05) is 0 Å². The van der Waals surface area contributed by atoms with Crippen LogP contribution < -0.4 is 10.6 Å². The minimum atomic E-state index is 0.687. The molecular weight excluding hydrogens is 214 g/mol. The normalized spacial score (nSPS) is 25.6. The zero-order valence-corrected chi connectivity index (χ0v) is 10.0. The second-order valence-electron chi connectivity index (χ2n) is 4.93. The van der Waals surface area contributed by atoms with Crippen LogP contribution in [0.5, 0.6) is 0 Å². The highest BCUT2D eigenvalue weighted by Crippen LogP contribution is 2.26. The van der Waals surface area contributed by atoms with Crippen LogP contribution in [0.3, 0.4) is 0 Å². The summed E-state index contributed by atoms with van der Waals surface area (Å²) >= 11 is 0. The van der Waals surface area contributed by atoms with Crippen molar-refractivity contribution in [2.24, 2.45) is 0 Å². The van der Waals surface area contributed by atoms with Gasteiger partial charge in [0.05, 0.1) is 11.9 Å². The lowest BCUT2D eigenvalue weighted by Gasteiger charge is -2.24. The van der Waals surface area contributed by atoms with Gasteiger partial charge in [0.25, 0.3) is 0 Å². The van der Waals surface area contributed by atoms with E-state index in [0.29, 0.717) is 11.7 Å². The largest absolute Gasteiger partial charge is 0.394 e. The molecule has 2 saturated heterocycles. The van der Waals surface area contributed by atoms with Crippen LogP contribution in [-0.2, 0) is 0 Å². The second-order valence-corrected chi connectivity index (χ2v) is 4.93. The molecule has 0 saturated carbocycles. The first-order valence-electron chi connectivity index (χ1n) is 6.39. The van der Waals surface area contributed by atoms with Crippen LogP contribution in [0, 0.1) is 0 Å². The van der Waals surface area contributed by atoms with E-state index in [1.165, 1.54) is 32.4 Å². The van der Waals surface area contributed by atoms with Crippen molar-refractivity contribution >= 4 is 11.5 Å². The lowest BCUT2D eigenvalue weighted by atomic mass is 10.2. The van der Waals surface area contributed by atoms with Crippen LogP contribution in [-0.4, -0.2) is 47.1 Å². The zero-order chi connectivity index (χ0) is 11.7. The summed E-state index contributed by atoms with van der Waals surface area (Å²) in [5.74, 6) is 0.904. The molecule has 1 atom stereocenters.